The number of carbonyl (C=O) groups is 2. The Balaban J connectivity index is 1.50. The van der Waals surface area contributed by atoms with Crippen LogP contribution in [0.4, 0.5) is 0 Å². The summed E-state index contributed by atoms with van der Waals surface area (Å²) >= 11 is 0. The van der Waals surface area contributed by atoms with Crippen molar-refractivity contribution in [3.63, 3.8) is 0 Å². The van der Waals surface area contributed by atoms with Gasteiger partial charge < -0.3 is 24.8 Å². The van der Waals surface area contributed by atoms with Crippen molar-refractivity contribution < 1.29 is 39.1 Å². The van der Waals surface area contributed by atoms with Crippen LogP contribution in [0, 0.1) is 28.6 Å². The number of aliphatic hydroxyl groups excluding tert-OH is 1. The van der Waals surface area contributed by atoms with E-state index in [4.69, 9.17) is 14.2 Å². The van der Waals surface area contributed by atoms with E-state index in [9.17, 15) is 24.9 Å². The van der Waals surface area contributed by atoms with Gasteiger partial charge in [-0.15, -0.1) is 0 Å². The van der Waals surface area contributed by atoms with Gasteiger partial charge >= 0.3 is 6.16 Å². The quantitative estimate of drug-likeness (QED) is 0.252. The van der Waals surface area contributed by atoms with E-state index in [1.807, 2.05) is 20.8 Å². The van der Waals surface area contributed by atoms with E-state index in [0.717, 1.165) is 37.7 Å². The molecule has 8 heteroatoms. The van der Waals surface area contributed by atoms with E-state index in [1.54, 1.807) is 6.08 Å². The first-order valence-corrected chi connectivity index (χ1v) is 14.8. The molecule has 3 N–H and O–H groups in total. The Kier molecular flexibility index (Phi) is 8.93. The summed E-state index contributed by atoms with van der Waals surface area (Å²) in [6.07, 6.45) is 6.08. The molecule has 0 aromatic rings. The van der Waals surface area contributed by atoms with Gasteiger partial charge in [-0.1, -0.05) is 46.1 Å². The molecule has 0 spiro atoms. The van der Waals surface area contributed by atoms with Crippen LogP contribution in [0.3, 0.4) is 0 Å². The van der Waals surface area contributed by atoms with Crippen LogP contribution in [0.1, 0.15) is 98.3 Å². The predicted molar refractivity (Wildman–Crippen MR) is 141 cm³/mol. The largest absolute Gasteiger partial charge is 0.410 e. The van der Waals surface area contributed by atoms with E-state index < -0.39 is 35.7 Å². The predicted octanol–water partition coefficient (Wildman–Crippen LogP) is 4.04. The molecule has 8 nitrogen and oxygen atoms in total. The summed E-state index contributed by atoms with van der Waals surface area (Å²) in [7, 11) is 0. The lowest BCUT2D eigenvalue weighted by atomic mass is 9.45. The van der Waals surface area contributed by atoms with Crippen molar-refractivity contribution in [2.24, 2.45) is 28.6 Å². The van der Waals surface area contributed by atoms with Crippen molar-refractivity contribution in [3.8, 4) is 0 Å². The molecule has 3 saturated carbocycles. The van der Waals surface area contributed by atoms with Gasteiger partial charge in [-0.2, -0.15) is 0 Å². The summed E-state index contributed by atoms with van der Waals surface area (Å²) < 4.78 is 16.4. The lowest BCUT2D eigenvalue weighted by Gasteiger charge is -2.60. The monoisotopic (exact) mass is 536 g/mol. The first-order chi connectivity index (χ1) is 17.9. The molecule has 38 heavy (non-hydrogen) atoms. The number of ketones is 2. The van der Waals surface area contributed by atoms with Crippen LogP contribution in [-0.2, 0) is 23.8 Å². The highest BCUT2D eigenvalue weighted by molar-refractivity contribution is 5.92. The Hall–Kier alpha value is -1.16. The number of Topliss-reactive ketones (excluding diaryl/α,β-unsaturated/α-hetero) is 1. The molecule has 0 radical (unpaired) electrons. The molecule has 0 aromatic heterocycles. The number of unbranched alkanes of at least 4 members (excludes halogenated alkanes) is 2. The van der Waals surface area contributed by atoms with Crippen LogP contribution in [-0.4, -0.2) is 64.6 Å². The maximum Gasteiger partial charge on any atom is 0.410 e. The zero-order chi connectivity index (χ0) is 27.8. The Bertz CT molecular complexity index is 906. The molecule has 0 heterocycles. The summed E-state index contributed by atoms with van der Waals surface area (Å²) in [5.41, 5.74) is -1.58. The zero-order valence-electron chi connectivity index (χ0n) is 23.7. The van der Waals surface area contributed by atoms with Crippen LogP contribution >= 0.6 is 0 Å². The van der Waals surface area contributed by atoms with Gasteiger partial charge in [-0.05, 0) is 80.6 Å². The number of carbonyl (C=O) groups excluding carboxylic acids is 2. The second-order valence-corrected chi connectivity index (χ2v) is 12.6. The van der Waals surface area contributed by atoms with Crippen LogP contribution in [0.5, 0.6) is 0 Å². The van der Waals surface area contributed by atoms with Gasteiger partial charge in [-0.3, -0.25) is 14.3 Å². The van der Waals surface area contributed by atoms with Gasteiger partial charge in [0.15, 0.2) is 11.6 Å². The number of aliphatic hydroxyl groups is 3. The summed E-state index contributed by atoms with van der Waals surface area (Å²) in [6.45, 7) is 8.00. The van der Waals surface area contributed by atoms with E-state index >= 15 is 0 Å². The molecule has 216 valence electrons. The first kappa shape index (κ1) is 29.8. The van der Waals surface area contributed by atoms with Crippen molar-refractivity contribution in [3.05, 3.63) is 11.6 Å². The van der Waals surface area contributed by atoms with Gasteiger partial charge in [0, 0.05) is 11.8 Å². The second kappa shape index (κ2) is 11.4. The van der Waals surface area contributed by atoms with Crippen molar-refractivity contribution in [1.29, 1.82) is 0 Å². The van der Waals surface area contributed by atoms with Gasteiger partial charge in [-0.25, -0.2) is 0 Å². The number of rotatable bonds is 12. The van der Waals surface area contributed by atoms with Crippen molar-refractivity contribution >= 4 is 11.6 Å². The number of hydrogen-bond acceptors (Lipinski definition) is 8. The number of fused-ring (bicyclic) bond motifs is 5. The molecular formula is C30H48O8. The molecule has 4 aliphatic carbocycles. The van der Waals surface area contributed by atoms with Crippen LogP contribution in [0.25, 0.3) is 0 Å². The average Bonchev–Trinajstić information content (AvgIpc) is 3.14. The average molecular weight is 537 g/mol. The maximum absolute atomic E-state index is 13.6. The molecule has 0 unspecified atom stereocenters. The molecule has 7 atom stereocenters. The molecule has 0 aliphatic heterocycles. The topological polar surface area (TPSA) is 123 Å². The van der Waals surface area contributed by atoms with E-state index in [2.05, 4.69) is 6.92 Å². The molecule has 0 bridgehead atoms. The van der Waals surface area contributed by atoms with Crippen molar-refractivity contribution in [1.82, 2.24) is 0 Å². The number of ether oxygens (including phenoxy) is 3. The Labute approximate surface area is 227 Å². The fourth-order valence-electron chi connectivity index (χ4n) is 8.24. The summed E-state index contributed by atoms with van der Waals surface area (Å²) in [4.78, 5) is 25.7. The van der Waals surface area contributed by atoms with E-state index in [1.165, 1.54) is 0 Å². The molecule has 3 fully saturated rings. The summed E-state index contributed by atoms with van der Waals surface area (Å²) in [5, 5.41) is 34.3. The smallest absolute Gasteiger partial charge is 0.393 e. The fourth-order valence-corrected chi connectivity index (χ4v) is 8.24. The highest BCUT2D eigenvalue weighted by Crippen LogP contribution is 2.67. The molecule has 4 aliphatic rings. The zero-order valence-corrected chi connectivity index (χ0v) is 23.7. The lowest BCUT2D eigenvalue weighted by Crippen LogP contribution is -2.62. The van der Waals surface area contributed by atoms with Gasteiger partial charge in [0.05, 0.1) is 19.3 Å². The third-order valence-corrected chi connectivity index (χ3v) is 10.5. The minimum Gasteiger partial charge on any atom is -0.393 e. The van der Waals surface area contributed by atoms with Gasteiger partial charge in [0.25, 0.3) is 0 Å². The minimum atomic E-state index is -2.34. The SMILES string of the molecule is CCCCOC(O)(OCCCC)OCC(=O)[C@@]1(O)CC[C@H]2[C@@H]3CCC4=CC(=O)CC[C@]4(C)[C@H]3[C@@H](O)C[C@@]21C. The van der Waals surface area contributed by atoms with E-state index in [-0.39, 0.29) is 48.6 Å². The molecule has 0 amide bonds. The normalized spacial score (nSPS) is 38.8. The highest BCUT2D eigenvalue weighted by Gasteiger charge is 2.68. The number of hydrogen-bond donors (Lipinski definition) is 3. The molecule has 0 saturated heterocycles. The van der Waals surface area contributed by atoms with Crippen LogP contribution in [0.2, 0.25) is 0 Å². The van der Waals surface area contributed by atoms with Crippen molar-refractivity contribution in [2.75, 3.05) is 19.8 Å². The summed E-state index contributed by atoms with van der Waals surface area (Å²) in [5.74, 6) is -0.110. The van der Waals surface area contributed by atoms with Crippen LogP contribution < -0.4 is 0 Å². The second-order valence-electron chi connectivity index (χ2n) is 12.6. The van der Waals surface area contributed by atoms with Gasteiger partial charge in [0.2, 0.25) is 0 Å². The third kappa shape index (κ3) is 5.17. The van der Waals surface area contributed by atoms with Crippen LogP contribution in [0.15, 0.2) is 11.6 Å². The lowest BCUT2D eigenvalue weighted by molar-refractivity contribution is -0.483. The maximum atomic E-state index is 13.6. The molecule has 0 aromatic carbocycles. The van der Waals surface area contributed by atoms with Gasteiger partial charge in [0.1, 0.15) is 12.2 Å². The van der Waals surface area contributed by atoms with Crippen molar-refractivity contribution in [2.45, 2.75) is 116 Å². The standard InChI is InChI=1S/C30H48O8/c1-5-7-15-36-30(35,37-16-8-6-2)38-19-25(33)29(34)14-12-23-22-10-9-20-17-21(31)11-13-27(20,3)26(22)24(32)18-28(23,29)4/h17,22-24,26,32,34-35H,5-16,18-19H2,1-4H3/t22-,23-,24-,26+,27-,28-,29-/m0/s1. The number of allylic oxidation sites excluding steroid dienone is 1. The Morgan fingerprint density at radius 3 is 2.34 bits per heavy atom. The summed E-state index contributed by atoms with van der Waals surface area (Å²) in [6, 6.07) is 0. The molecule has 4 rings (SSSR count). The fraction of sp³-hybridized carbons (Fsp3) is 0.867. The molecular weight excluding hydrogens is 488 g/mol. The Morgan fingerprint density at radius 2 is 1.71 bits per heavy atom. The first-order valence-electron chi connectivity index (χ1n) is 14.8. The Morgan fingerprint density at radius 1 is 1.05 bits per heavy atom. The third-order valence-electron chi connectivity index (χ3n) is 10.5. The minimum absolute atomic E-state index is 0.00593. The van der Waals surface area contributed by atoms with E-state index in [0.29, 0.717) is 32.1 Å². The highest BCUT2D eigenvalue weighted by atomic mass is 17.0.